The Morgan fingerprint density at radius 1 is 1.22 bits per heavy atom. The van der Waals surface area contributed by atoms with Crippen molar-refractivity contribution < 1.29 is 9.53 Å². The molecule has 0 saturated carbocycles. The van der Waals surface area contributed by atoms with Gasteiger partial charge in [-0.2, -0.15) is 0 Å². The number of nitrogens with zero attached hydrogens (tertiary/aromatic N) is 3. The second-order valence-corrected chi connectivity index (χ2v) is 7.45. The number of rotatable bonds is 4. The van der Waals surface area contributed by atoms with Gasteiger partial charge in [-0.3, -0.25) is 14.7 Å². The van der Waals surface area contributed by atoms with Crippen LogP contribution in [0.5, 0.6) is 0 Å². The Morgan fingerprint density at radius 3 is 2.85 bits per heavy atom. The van der Waals surface area contributed by atoms with Gasteiger partial charge in [0.2, 0.25) is 0 Å². The quantitative estimate of drug-likeness (QED) is 0.900. The van der Waals surface area contributed by atoms with Crippen molar-refractivity contribution in [1.29, 1.82) is 0 Å². The molecule has 2 aliphatic rings. The van der Waals surface area contributed by atoms with Crippen molar-refractivity contribution in [2.45, 2.75) is 38.8 Å². The molecule has 1 aromatic carbocycles. The first kappa shape index (κ1) is 18.1. The van der Waals surface area contributed by atoms with E-state index in [0.29, 0.717) is 18.8 Å². The number of carbonyl (C=O) groups is 1. The molecule has 4 rings (SSSR count). The maximum atomic E-state index is 12.9. The molecule has 1 amide bonds. The number of ether oxygens (including phenoxy) is 1. The molecule has 0 unspecified atom stereocenters. The predicted molar refractivity (Wildman–Crippen MR) is 104 cm³/mol. The molecular formula is C21H26N4O2. The molecular weight excluding hydrogens is 340 g/mol. The van der Waals surface area contributed by atoms with Gasteiger partial charge >= 0.3 is 0 Å². The molecule has 0 bridgehead atoms. The largest absolute Gasteiger partial charge is 0.378 e. The van der Waals surface area contributed by atoms with Gasteiger partial charge in [-0.25, -0.2) is 4.98 Å². The molecule has 0 spiro atoms. The Morgan fingerprint density at radius 2 is 2.04 bits per heavy atom. The summed E-state index contributed by atoms with van der Waals surface area (Å²) in [5.41, 5.74) is 4.10. The molecule has 1 aromatic heterocycles. The average molecular weight is 366 g/mol. The van der Waals surface area contributed by atoms with Crippen LogP contribution in [0, 0.1) is 13.8 Å². The minimum absolute atomic E-state index is 0.0414. The molecule has 6 nitrogen and oxygen atoms in total. The summed E-state index contributed by atoms with van der Waals surface area (Å²) in [6, 6.07) is 7.93. The third-order valence-corrected chi connectivity index (χ3v) is 5.45. The molecule has 2 aromatic rings. The van der Waals surface area contributed by atoms with E-state index in [1.807, 2.05) is 38.1 Å². The predicted octanol–water partition coefficient (Wildman–Crippen LogP) is 2.35. The minimum atomic E-state index is -0.0604. The van der Waals surface area contributed by atoms with Crippen LogP contribution in [0.15, 0.2) is 30.5 Å². The summed E-state index contributed by atoms with van der Waals surface area (Å²) in [6.07, 6.45) is 4.22. The Labute approximate surface area is 160 Å². The number of aryl methyl sites for hydroxylation is 2. The molecule has 2 atom stereocenters. The number of benzene rings is 1. The lowest BCUT2D eigenvalue weighted by atomic mass is 10.0. The molecule has 2 aliphatic heterocycles. The van der Waals surface area contributed by atoms with Gasteiger partial charge in [0, 0.05) is 17.3 Å². The van der Waals surface area contributed by atoms with Gasteiger partial charge in [-0.1, -0.05) is 12.1 Å². The number of hydrogen-bond donors (Lipinski definition) is 1. The van der Waals surface area contributed by atoms with Crippen LogP contribution >= 0.6 is 0 Å². The molecule has 1 N–H and O–H groups in total. The van der Waals surface area contributed by atoms with Crippen LogP contribution in [0.1, 0.15) is 34.6 Å². The van der Waals surface area contributed by atoms with Gasteiger partial charge in [0.05, 0.1) is 42.4 Å². The fraction of sp³-hybridized carbons (Fsp3) is 0.476. The topological polar surface area (TPSA) is 67.3 Å². The van der Waals surface area contributed by atoms with Gasteiger partial charge < -0.3 is 10.1 Å². The monoisotopic (exact) mass is 366 g/mol. The second-order valence-electron chi connectivity index (χ2n) is 7.45. The van der Waals surface area contributed by atoms with Gasteiger partial charge in [-0.15, -0.1) is 0 Å². The van der Waals surface area contributed by atoms with E-state index in [2.05, 4.69) is 20.2 Å². The molecule has 0 radical (unpaired) electrons. The zero-order valence-electron chi connectivity index (χ0n) is 15.9. The number of carbonyl (C=O) groups excluding carboxylic acids is 1. The van der Waals surface area contributed by atoms with Crippen molar-refractivity contribution >= 4 is 5.91 Å². The maximum absolute atomic E-state index is 12.9. The van der Waals surface area contributed by atoms with E-state index >= 15 is 0 Å². The van der Waals surface area contributed by atoms with Crippen molar-refractivity contribution in [3.8, 4) is 11.3 Å². The van der Waals surface area contributed by atoms with Crippen LogP contribution < -0.4 is 5.32 Å². The van der Waals surface area contributed by atoms with E-state index in [-0.39, 0.29) is 18.0 Å². The first-order valence-electron chi connectivity index (χ1n) is 9.65. The molecule has 2 saturated heterocycles. The smallest absolute Gasteiger partial charge is 0.251 e. The van der Waals surface area contributed by atoms with E-state index in [9.17, 15) is 4.79 Å². The van der Waals surface area contributed by atoms with Gasteiger partial charge in [0.25, 0.3) is 5.91 Å². The molecule has 27 heavy (non-hydrogen) atoms. The third-order valence-electron chi connectivity index (χ3n) is 5.45. The van der Waals surface area contributed by atoms with E-state index < -0.39 is 0 Å². The number of nitrogens with one attached hydrogen (secondary N) is 1. The molecule has 0 aliphatic carbocycles. The number of hydrogen-bond acceptors (Lipinski definition) is 5. The summed E-state index contributed by atoms with van der Waals surface area (Å²) in [4.78, 5) is 24.3. The Hall–Kier alpha value is -2.31. The van der Waals surface area contributed by atoms with Crippen molar-refractivity contribution in [3.05, 3.63) is 47.4 Å². The van der Waals surface area contributed by atoms with Crippen molar-refractivity contribution in [1.82, 2.24) is 20.2 Å². The second kappa shape index (κ2) is 7.74. The third kappa shape index (κ3) is 3.87. The van der Waals surface area contributed by atoms with Crippen molar-refractivity contribution in [2.24, 2.45) is 0 Å². The summed E-state index contributed by atoms with van der Waals surface area (Å²) in [7, 11) is 0. The summed E-state index contributed by atoms with van der Waals surface area (Å²) >= 11 is 0. The lowest BCUT2D eigenvalue weighted by molar-refractivity contribution is 0.0916. The fourth-order valence-electron chi connectivity index (χ4n) is 3.98. The summed E-state index contributed by atoms with van der Waals surface area (Å²) < 4.78 is 5.67. The highest BCUT2D eigenvalue weighted by Crippen LogP contribution is 2.22. The van der Waals surface area contributed by atoms with Gasteiger partial charge in [0.15, 0.2) is 0 Å². The first-order chi connectivity index (χ1) is 13.1. The number of amides is 1. The standard InChI is InChI=1S/C21H26N4O2/c1-14-11-22-15(2)20(23-14)16-6-5-7-17(10-16)21(26)24-18-12-27-13-19(18)25-8-3-4-9-25/h5-7,10-11,18-19H,3-4,8-9,12-13H2,1-2H3,(H,24,26)/t18-,19-/m0/s1. The van der Waals surface area contributed by atoms with Gasteiger partial charge in [-0.05, 0) is 51.9 Å². The van der Waals surface area contributed by atoms with Crippen LogP contribution in [0.3, 0.4) is 0 Å². The van der Waals surface area contributed by atoms with E-state index in [4.69, 9.17) is 4.74 Å². The highest BCUT2D eigenvalue weighted by atomic mass is 16.5. The highest BCUT2D eigenvalue weighted by molar-refractivity contribution is 5.95. The fourth-order valence-corrected chi connectivity index (χ4v) is 3.98. The normalized spacial score (nSPS) is 22.9. The van der Waals surface area contributed by atoms with Gasteiger partial charge in [0.1, 0.15) is 0 Å². The number of aromatic nitrogens is 2. The SMILES string of the molecule is Cc1cnc(C)c(-c2cccc(C(=O)N[C@H]3COC[C@@H]3N3CCCC3)c2)n1. The summed E-state index contributed by atoms with van der Waals surface area (Å²) in [5, 5.41) is 3.19. The Balaban J connectivity index is 1.51. The van der Waals surface area contributed by atoms with Crippen LogP contribution in [0.4, 0.5) is 0 Å². The van der Waals surface area contributed by atoms with E-state index in [0.717, 1.165) is 35.7 Å². The summed E-state index contributed by atoms with van der Waals surface area (Å²) in [6.45, 7) is 7.33. The Kier molecular flexibility index (Phi) is 5.18. The first-order valence-corrected chi connectivity index (χ1v) is 9.65. The molecule has 142 valence electrons. The molecule has 3 heterocycles. The average Bonchev–Trinajstić information content (AvgIpc) is 3.35. The zero-order chi connectivity index (χ0) is 18.8. The Bertz CT molecular complexity index is 833. The summed E-state index contributed by atoms with van der Waals surface area (Å²) in [5.74, 6) is -0.0604. The van der Waals surface area contributed by atoms with Crippen LogP contribution in [0.2, 0.25) is 0 Å². The lowest BCUT2D eigenvalue weighted by Crippen LogP contribution is -2.50. The van der Waals surface area contributed by atoms with E-state index in [1.165, 1.54) is 12.8 Å². The van der Waals surface area contributed by atoms with Crippen LogP contribution in [-0.4, -0.2) is 59.2 Å². The van der Waals surface area contributed by atoms with E-state index in [1.54, 1.807) is 6.20 Å². The number of likely N-dealkylation sites (tertiary alicyclic amines) is 1. The van der Waals surface area contributed by atoms with Crippen molar-refractivity contribution in [3.63, 3.8) is 0 Å². The molecule has 6 heteroatoms. The highest BCUT2D eigenvalue weighted by Gasteiger charge is 2.35. The zero-order valence-corrected chi connectivity index (χ0v) is 15.9. The van der Waals surface area contributed by atoms with Crippen molar-refractivity contribution in [2.75, 3.05) is 26.3 Å². The maximum Gasteiger partial charge on any atom is 0.251 e. The lowest BCUT2D eigenvalue weighted by Gasteiger charge is -2.28. The van der Waals surface area contributed by atoms with Crippen LogP contribution in [-0.2, 0) is 4.74 Å². The van der Waals surface area contributed by atoms with Crippen LogP contribution in [0.25, 0.3) is 11.3 Å². The molecule has 2 fully saturated rings. The minimum Gasteiger partial charge on any atom is -0.378 e.